The summed E-state index contributed by atoms with van der Waals surface area (Å²) in [6, 6.07) is 2.20. The van der Waals surface area contributed by atoms with Crippen molar-refractivity contribution in [2.24, 2.45) is 0 Å². The number of hydrogen-bond acceptors (Lipinski definition) is 4. The largest absolute Gasteiger partial charge is 0.359 e. The molecule has 5 nitrogen and oxygen atoms in total. The molecule has 25 heavy (non-hydrogen) atoms. The fourth-order valence-corrected chi connectivity index (χ4v) is 3.54. The van der Waals surface area contributed by atoms with Crippen molar-refractivity contribution < 1.29 is 4.79 Å². The van der Waals surface area contributed by atoms with Crippen molar-refractivity contribution in [3.8, 4) is 0 Å². The zero-order valence-corrected chi connectivity index (χ0v) is 15.4. The van der Waals surface area contributed by atoms with Crippen LogP contribution in [0.3, 0.4) is 0 Å². The lowest BCUT2D eigenvalue weighted by Crippen LogP contribution is -2.30. The fraction of sp³-hybridized carbons (Fsp3) is 0.400. The molecular formula is C20H26N4O. The lowest BCUT2D eigenvalue weighted by atomic mass is 10.0. The van der Waals surface area contributed by atoms with Crippen LogP contribution in [0.25, 0.3) is 0 Å². The molecule has 5 heteroatoms. The Kier molecular flexibility index (Phi) is 4.66. The number of nitrogens with zero attached hydrogens (tertiary/aromatic N) is 2. The molecule has 1 aromatic heterocycles. The van der Waals surface area contributed by atoms with E-state index in [2.05, 4.69) is 47.0 Å². The maximum absolute atomic E-state index is 12.8. The zero-order chi connectivity index (χ0) is 18.1. The van der Waals surface area contributed by atoms with Gasteiger partial charge in [-0.05, 0) is 57.4 Å². The highest BCUT2D eigenvalue weighted by molar-refractivity contribution is 5.97. The second-order valence-electron chi connectivity index (χ2n) is 6.97. The molecule has 3 heterocycles. The average molecular weight is 338 g/mol. The highest BCUT2D eigenvalue weighted by Crippen LogP contribution is 2.30. The van der Waals surface area contributed by atoms with Crippen molar-refractivity contribution in [1.82, 2.24) is 15.6 Å². The van der Waals surface area contributed by atoms with E-state index in [9.17, 15) is 4.79 Å². The smallest absolute Gasteiger partial charge is 0.252 e. The molecule has 0 bridgehead atoms. The normalized spacial score (nSPS) is 16.8. The van der Waals surface area contributed by atoms with E-state index in [1.165, 1.54) is 0 Å². The first-order valence-electron chi connectivity index (χ1n) is 8.75. The first-order chi connectivity index (χ1) is 11.9. The third-order valence-corrected chi connectivity index (χ3v) is 4.82. The number of anilines is 1. The molecule has 132 valence electrons. The molecule has 0 aliphatic carbocycles. The molecule has 2 N–H and O–H groups in total. The Hall–Kier alpha value is -2.56. The Balaban J connectivity index is 1.78. The Morgan fingerprint density at radius 3 is 2.88 bits per heavy atom. The van der Waals surface area contributed by atoms with Crippen molar-refractivity contribution in [3.05, 3.63) is 58.6 Å². The van der Waals surface area contributed by atoms with E-state index in [-0.39, 0.29) is 5.91 Å². The highest BCUT2D eigenvalue weighted by Gasteiger charge is 2.27. The zero-order valence-electron chi connectivity index (χ0n) is 15.4. The number of allylic oxidation sites excluding steroid dienone is 3. The van der Waals surface area contributed by atoms with Crippen LogP contribution >= 0.6 is 0 Å². The third-order valence-electron chi connectivity index (χ3n) is 4.82. The Morgan fingerprint density at radius 2 is 2.20 bits per heavy atom. The minimum atomic E-state index is -0.0522. The summed E-state index contributed by atoms with van der Waals surface area (Å²) < 4.78 is 0. The van der Waals surface area contributed by atoms with Gasteiger partial charge in [0.05, 0.1) is 0 Å². The van der Waals surface area contributed by atoms with E-state index in [1.807, 2.05) is 19.9 Å². The molecule has 0 unspecified atom stereocenters. The van der Waals surface area contributed by atoms with Crippen molar-refractivity contribution in [2.45, 2.75) is 40.2 Å². The van der Waals surface area contributed by atoms with Gasteiger partial charge in [-0.2, -0.15) is 0 Å². The number of hydrogen-bond donors (Lipinski definition) is 2. The average Bonchev–Trinajstić information content (AvgIpc) is 2.97. The van der Waals surface area contributed by atoms with Crippen molar-refractivity contribution in [1.29, 1.82) is 0 Å². The molecule has 0 radical (unpaired) electrons. The Bertz CT molecular complexity index is 789. The van der Waals surface area contributed by atoms with Gasteiger partial charge in [0.25, 0.3) is 5.91 Å². The van der Waals surface area contributed by atoms with Crippen molar-refractivity contribution >= 4 is 11.7 Å². The summed E-state index contributed by atoms with van der Waals surface area (Å²) in [5.74, 6) is 0.893. The minimum absolute atomic E-state index is 0.0522. The van der Waals surface area contributed by atoms with Gasteiger partial charge in [-0.25, -0.2) is 4.98 Å². The summed E-state index contributed by atoms with van der Waals surface area (Å²) in [6.07, 6.45) is 4.66. The first kappa shape index (κ1) is 17.3. The number of nitrogens with one attached hydrogen (secondary N) is 2. The summed E-state index contributed by atoms with van der Waals surface area (Å²) in [5.41, 5.74) is 5.87. The number of fused-ring (bicyclic) bond motifs is 1. The van der Waals surface area contributed by atoms with Crippen LogP contribution in [0.4, 0.5) is 5.82 Å². The second-order valence-corrected chi connectivity index (χ2v) is 6.97. The fourth-order valence-electron chi connectivity index (χ4n) is 3.54. The maximum Gasteiger partial charge on any atom is 0.252 e. The molecule has 0 saturated carbocycles. The summed E-state index contributed by atoms with van der Waals surface area (Å²) in [5, 5.41) is 6.27. The molecule has 1 aromatic rings. The van der Waals surface area contributed by atoms with Gasteiger partial charge in [0.2, 0.25) is 0 Å². The lowest BCUT2D eigenvalue weighted by Gasteiger charge is -2.23. The van der Waals surface area contributed by atoms with Crippen LogP contribution in [0.2, 0.25) is 0 Å². The maximum atomic E-state index is 12.8. The summed E-state index contributed by atoms with van der Waals surface area (Å²) in [4.78, 5) is 19.5. The monoisotopic (exact) mass is 338 g/mol. The van der Waals surface area contributed by atoms with E-state index in [1.54, 1.807) is 6.20 Å². The Morgan fingerprint density at radius 1 is 1.44 bits per heavy atom. The number of carbonyl (C=O) groups is 1. The summed E-state index contributed by atoms with van der Waals surface area (Å²) in [6.45, 7) is 13.8. The Labute approximate surface area is 149 Å². The number of carbonyl (C=O) groups excluding carboxylic acids is 1. The van der Waals surface area contributed by atoms with Gasteiger partial charge in [0.15, 0.2) is 0 Å². The van der Waals surface area contributed by atoms with Gasteiger partial charge in [0.1, 0.15) is 5.82 Å². The van der Waals surface area contributed by atoms with Crippen LogP contribution < -0.4 is 15.5 Å². The molecule has 0 atom stereocenters. The van der Waals surface area contributed by atoms with Crippen LogP contribution in [0.5, 0.6) is 0 Å². The molecule has 3 rings (SSSR count). The van der Waals surface area contributed by atoms with Crippen LogP contribution in [0.15, 0.2) is 47.5 Å². The van der Waals surface area contributed by atoms with Crippen molar-refractivity contribution in [3.63, 3.8) is 0 Å². The minimum Gasteiger partial charge on any atom is -0.359 e. The predicted molar refractivity (Wildman–Crippen MR) is 101 cm³/mol. The molecule has 0 fully saturated rings. The van der Waals surface area contributed by atoms with Gasteiger partial charge in [-0.15, -0.1) is 0 Å². The van der Waals surface area contributed by atoms with Crippen LogP contribution in [0, 0.1) is 0 Å². The molecule has 0 spiro atoms. The number of pyridine rings is 1. The number of rotatable bonds is 4. The van der Waals surface area contributed by atoms with Gasteiger partial charge >= 0.3 is 0 Å². The van der Waals surface area contributed by atoms with Gasteiger partial charge in [-0.3, -0.25) is 4.79 Å². The SMILES string of the molecule is C=C1NC(C)=CC(C)=C1CNC(=O)c1ccnc2c1CCN2C(C)C. The second kappa shape index (κ2) is 6.75. The molecular weight excluding hydrogens is 312 g/mol. The van der Waals surface area contributed by atoms with Gasteiger partial charge in [-0.1, -0.05) is 6.58 Å². The van der Waals surface area contributed by atoms with E-state index >= 15 is 0 Å². The molecule has 2 aliphatic heterocycles. The lowest BCUT2D eigenvalue weighted by molar-refractivity contribution is 0.0956. The van der Waals surface area contributed by atoms with Crippen LogP contribution in [0.1, 0.15) is 43.6 Å². The quantitative estimate of drug-likeness (QED) is 0.886. The highest BCUT2D eigenvalue weighted by atomic mass is 16.1. The molecule has 0 aromatic carbocycles. The third kappa shape index (κ3) is 3.31. The summed E-state index contributed by atoms with van der Waals surface area (Å²) in [7, 11) is 0. The summed E-state index contributed by atoms with van der Waals surface area (Å²) >= 11 is 0. The van der Waals surface area contributed by atoms with E-state index in [0.717, 1.165) is 52.5 Å². The molecule has 1 amide bonds. The van der Waals surface area contributed by atoms with Gasteiger partial charge < -0.3 is 15.5 Å². The van der Waals surface area contributed by atoms with E-state index in [4.69, 9.17) is 0 Å². The number of aromatic nitrogens is 1. The van der Waals surface area contributed by atoms with E-state index < -0.39 is 0 Å². The topological polar surface area (TPSA) is 57.3 Å². The van der Waals surface area contributed by atoms with E-state index in [0.29, 0.717) is 12.6 Å². The van der Waals surface area contributed by atoms with Gasteiger partial charge in [0, 0.05) is 47.8 Å². The predicted octanol–water partition coefficient (Wildman–Crippen LogP) is 2.92. The van der Waals surface area contributed by atoms with Crippen LogP contribution in [-0.2, 0) is 6.42 Å². The first-order valence-corrected chi connectivity index (χ1v) is 8.75. The molecule has 0 saturated heterocycles. The number of dihydropyridines is 1. The van der Waals surface area contributed by atoms with Crippen molar-refractivity contribution in [2.75, 3.05) is 18.0 Å². The molecule has 2 aliphatic rings. The standard InChI is InChI=1S/C20H26N4O/c1-12(2)24-9-7-16-17(6-8-21-19(16)24)20(25)22-11-18-13(3)10-14(4)23-15(18)5/h6,8,10,12,23H,5,7,9,11H2,1-4H3,(H,22,25). The van der Waals surface area contributed by atoms with Crippen LogP contribution in [-0.4, -0.2) is 30.0 Å². The number of amides is 1.